The van der Waals surface area contributed by atoms with Crippen molar-refractivity contribution < 1.29 is 0 Å². The van der Waals surface area contributed by atoms with Crippen molar-refractivity contribution in [2.45, 2.75) is 6.54 Å². The fourth-order valence-electron chi connectivity index (χ4n) is 3.25. The highest BCUT2D eigenvalue weighted by atomic mass is 15.1. The van der Waals surface area contributed by atoms with Gasteiger partial charge < -0.3 is 15.6 Å². The number of hydrogen-bond donors (Lipinski definition) is 2. The van der Waals surface area contributed by atoms with Crippen molar-refractivity contribution in [2.24, 2.45) is 5.73 Å². The molecule has 120 valence electrons. The van der Waals surface area contributed by atoms with E-state index in [9.17, 15) is 0 Å². The maximum atomic E-state index is 5.66. The number of para-hydroxylation sites is 1. The molecule has 2 heterocycles. The molecule has 4 rings (SSSR count). The summed E-state index contributed by atoms with van der Waals surface area (Å²) < 4.78 is 2.34. The topological polar surface area (TPSA) is 55.9 Å². The maximum Gasteiger partial charge on any atom is 0.150 e. The highest BCUT2D eigenvalue weighted by molar-refractivity contribution is 6.11. The minimum atomic E-state index is 0.580. The van der Waals surface area contributed by atoms with Crippen LogP contribution < -0.4 is 11.1 Å². The Kier molecular flexibility index (Phi) is 3.89. The monoisotopic (exact) mass is 316 g/mol. The van der Waals surface area contributed by atoms with Gasteiger partial charge in [-0.3, -0.25) is 0 Å². The van der Waals surface area contributed by atoms with Gasteiger partial charge in [-0.15, -0.1) is 0 Å². The van der Waals surface area contributed by atoms with Crippen molar-refractivity contribution in [3.8, 4) is 0 Å². The standard InChI is InChI=1S/C20H20N4/c21-11-13-23-20-19-17(10-12-22-20)16-8-4-5-9-18(16)24(19)14-15-6-2-1-3-7-15/h1-10,12H,11,13-14,21H2,(H,22,23). The molecule has 0 saturated heterocycles. The second-order valence-corrected chi connectivity index (χ2v) is 5.86. The molecule has 0 aliphatic rings. The number of pyridine rings is 1. The number of nitrogens with two attached hydrogens (primary N) is 1. The van der Waals surface area contributed by atoms with E-state index in [1.165, 1.54) is 21.9 Å². The zero-order chi connectivity index (χ0) is 16.4. The van der Waals surface area contributed by atoms with E-state index in [4.69, 9.17) is 5.73 Å². The fourth-order valence-corrected chi connectivity index (χ4v) is 3.25. The second kappa shape index (κ2) is 6.34. The van der Waals surface area contributed by atoms with Crippen LogP contribution in [-0.2, 0) is 6.54 Å². The lowest BCUT2D eigenvalue weighted by molar-refractivity contribution is 0.866. The van der Waals surface area contributed by atoms with Gasteiger partial charge in [0.05, 0.1) is 5.52 Å². The molecule has 24 heavy (non-hydrogen) atoms. The predicted molar refractivity (Wildman–Crippen MR) is 100 cm³/mol. The van der Waals surface area contributed by atoms with E-state index in [1.807, 2.05) is 12.3 Å². The molecule has 0 unspecified atom stereocenters. The van der Waals surface area contributed by atoms with Gasteiger partial charge in [0.25, 0.3) is 0 Å². The number of rotatable bonds is 5. The smallest absolute Gasteiger partial charge is 0.150 e. The van der Waals surface area contributed by atoms with Gasteiger partial charge in [-0.25, -0.2) is 4.98 Å². The summed E-state index contributed by atoms with van der Waals surface area (Å²) in [6.07, 6.45) is 1.86. The summed E-state index contributed by atoms with van der Waals surface area (Å²) >= 11 is 0. The molecule has 0 radical (unpaired) electrons. The average molecular weight is 316 g/mol. The molecule has 3 N–H and O–H groups in total. The Hall–Kier alpha value is -2.85. The van der Waals surface area contributed by atoms with Crippen molar-refractivity contribution in [3.63, 3.8) is 0 Å². The van der Waals surface area contributed by atoms with Gasteiger partial charge in [0.1, 0.15) is 0 Å². The summed E-state index contributed by atoms with van der Waals surface area (Å²) in [6.45, 7) is 2.10. The minimum absolute atomic E-state index is 0.580. The lowest BCUT2D eigenvalue weighted by atomic mass is 10.2. The van der Waals surface area contributed by atoms with Gasteiger partial charge in [0.15, 0.2) is 5.82 Å². The van der Waals surface area contributed by atoms with Gasteiger partial charge in [-0.1, -0.05) is 48.5 Å². The van der Waals surface area contributed by atoms with Gasteiger partial charge in [0.2, 0.25) is 0 Å². The molecule has 0 amide bonds. The van der Waals surface area contributed by atoms with Crippen LogP contribution in [-0.4, -0.2) is 22.6 Å². The third-order valence-corrected chi connectivity index (χ3v) is 4.30. The zero-order valence-electron chi connectivity index (χ0n) is 13.4. The largest absolute Gasteiger partial charge is 0.367 e. The van der Waals surface area contributed by atoms with Gasteiger partial charge in [0, 0.05) is 42.1 Å². The zero-order valence-corrected chi connectivity index (χ0v) is 13.4. The van der Waals surface area contributed by atoms with E-state index in [0.29, 0.717) is 13.1 Å². The number of fused-ring (bicyclic) bond motifs is 3. The third kappa shape index (κ3) is 2.51. The molecule has 2 aromatic carbocycles. The Morgan fingerprint density at radius 3 is 2.54 bits per heavy atom. The SMILES string of the molecule is NCCNc1nccc2c3ccccc3n(Cc3ccccc3)c12. The normalized spacial score (nSPS) is 11.2. The highest BCUT2D eigenvalue weighted by Crippen LogP contribution is 2.32. The molecule has 4 aromatic rings. The van der Waals surface area contributed by atoms with E-state index >= 15 is 0 Å². The number of nitrogens with one attached hydrogen (secondary N) is 1. The van der Waals surface area contributed by atoms with Crippen molar-refractivity contribution in [1.29, 1.82) is 0 Å². The first kappa shape index (κ1) is 14.7. The lowest BCUT2D eigenvalue weighted by Gasteiger charge is -2.11. The van der Waals surface area contributed by atoms with Crippen LogP contribution in [0.3, 0.4) is 0 Å². The van der Waals surface area contributed by atoms with Crippen LogP contribution in [0.5, 0.6) is 0 Å². The molecule has 0 atom stereocenters. The van der Waals surface area contributed by atoms with Crippen molar-refractivity contribution >= 4 is 27.6 Å². The van der Waals surface area contributed by atoms with E-state index in [1.54, 1.807) is 0 Å². The molecule has 4 heteroatoms. The number of nitrogens with zero attached hydrogens (tertiary/aromatic N) is 2. The van der Waals surface area contributed by atoms with Crippen LogP contribution in [0, 0.1) is 0 Å². The highest BCUT2D eigenvalue weighted by Gasteiger charge is 2.14. The summed E-state index contributed by atoms with van der Waals surface area (Å²) in [5, 5.41) is 5.84. The first-order valence-electron chi connectivity index (χ1n) is 8.22. The predicted octanol–water partition coefficient (Wildman–Crippen LogP) is 3.61. The third-order valence-electron chi connectivity index (χ3n) is 4.30. The Labute approximate surface area is 140 Å². The summed E-state index contributed by atoms with van der Waals surface area (Å²) in [6, 6.07) is 21.1. The molecule has 0 aliphatic carbocycles. The molecule has 0 aliphatic heterocycles. The van der Waals surface area contributed by atoms with E-state index in [2.05, 4.69) is 69.5 Å². The molecule has 0 bridgehead atoms. The number of hydrogen-bond acceptors (Lipinski definition) is 3. The van der Waals surface area contributed by atoms with Gasteiger partial charge in [-0.2, -0.15) is 0 Å². The molecule has 2 aromatic heterocycles. The lowest BCUT2D eigenvalue weighted by Crippen LogP contribution is -2.14. The fraction of sp³-hybridized carbons (Fsp3) is 0.150. The van der Waals surface area contributed by atoms with E-state index in [-0.39, 0.29) is 0 Å². The summed E-state index contributed by atoms with van der Waals surface area (Å²) in [5.41, 5.74) is 9.29. The van der Waals surface area contributed by atoms with Crippen LogP contribution in [0.1, 0.15) is 5.56 Å². The van der Waals surface area contributed by atoms with Crippen LogP contribution in [0.4, 0.5) is 5.82 Å². The second-order valence-electron chi connectivity index (χ2n) is 5.86. The van der Waals surface area contributed by atoms with Gasteiger partial charge in [-0.05, 0) is 17.7 Å². The van der Waals surface area contributed by atoms with Crippen LogP contribution in [0.15, 0.2) is 66.9 Å². The van der Waals surface area contributed by atoms with Crippen LogP contribution >= 0.6 is 0 Å². The number of benzene rings is 2. The molecule has 4 nitrogen and oxygen atoms in total. The van der Waals surface area contributed by atoms with Crippen molar-refractivity contribution in [1.82, 2.24) is 9.55 Å². The van der Waals surface area contributed by atoms with E-state index in [0.717, 1.165) is 17.9 Å². The van der Waals surface area contributed by atoms with E-state index < -0.39 is 0 Å². The van der Waals surface area contributed by atoms with Crippen molar-refractivity contribution in [2.75, 3.05) is 18.4 Å². The first-order valence-corrected chi connectivity index (χ1v) is 8.22. The first-order chi connectivity index (χ1) is 11.9. The maximum absolute atomic E-state index is 5.66. The Bertz CT molecular complexity index is 973. The molecule has 0 saturated carbocycles. The Morgan fingerprint density at radius 1 is 0.917 bits per heavy atom. The number of anilines is 1. The summed E-state index contributed by atoms with van der Waals surface area (Å²) in [5.74, 6) is 0.894. The van der Waals surface area contributed by atoms with Crippen LogP contribution in [0.2, 0.25) is 0 Å². The number of aromatic nitrogens is 2. The van der Waals surface area contributed by atoms with Crippen molar-refractivity contribution in [3.05, 3.63) is 72.4 Å². The minimum Gasteiger partial charge on any atom is -0.367 e. The molecular weight excluding hydrogens is 296 g/mol. The Balaban J connectivity index is 1.96. The van der Waals surface area contributed by atoms with Crippen LogP contribution in [0.25, 0.3) is 21.8 Å². The molecular formula is C20H20N4. The quantitative estimate of drug-likeness (QED) is 0.591. The summed E-state index contributed by atoms with van der Waals surface area (Å²) in [7, 11) is 0. The summed E-state index contributed by atoms with van der Waals surface area (Å²) in [4.78, 5) is 4.55. The molecule has 0 fully saturated rings. The van der Waals surface area contributed by atoms with Gasteiger partial charge >= 0.3 is 0 Å². The molecule has 0 spiro atoms. The Morgan fingerprint density at radius 2 is 1.71 bits per heavy atom. The average Bonchev–Trinajstić information content (AvgIpc) is 2.96.